The summed E-state index contributed by atoms with van der Waals surface area (Å²) in [6.07, 6.45) is 0. The summed E-state index contributed by atoms with van der Waals surface area (Å²) in [7, 11) is 0. The van der Waals surface area contributed by atoms with Gasteiger partial charge < -0.3 is 4.42 Å². The second kappa shape index (κ2) is 12.8. The van der Waals surface area contributed by atoms with Crippen molar-refractivity contribution in [2.24, 2.45) is 0 Å². The number of para-hydroxylation sites is 1. The smallest absolute Gasteiger partial charge is 0.143 e. The van der Waals surface area contributed by atoms with Gasteiger partial charge in [-0.2, -0.15) is 0 Å². The van der Waals surface area contributed by atoms with E-state index in [0.29, 0.717) is 0 Å². The van der Waals surface area contributed by atoms with E-state index in [1.54, 1.807) is 0 Å². The molecule has 0 saturated heterocycles. The minimum atomic E-state index is -0.229. The van der Waals surface area contributed by atoms with E-state index in [0.717, 1.165) is 27.3 Å². The molecule has 1 nitrogen and oxygen atoms in total. The average molecular weight is 819 g/mol. The maximum absolute atomic E-state index is 6.69. The van der Waals surface area contributed by atoms with Crippen molar-refractivity contribution in [2.45, 2.75) is 19.3 Å². The maximum atomic E-state index is 6.69. The molecule has 1 aliphatic rings. The van der Waals surface area contributed by atoms with Gasteiger partial charge in [0.25, 0.3) is 0 Å². The van der Waals surface area contributed by atoms with Gasteiger partial charge in [-0.05, 0) is 124 Å². The van der Waals surface area contributed by atoms with Crippen LogP contribution in [0, 0.1) is 0 Å². The molecule has 294 valence electrons. The van der Waals surface area contributed by atoms with Crippen molar-refractivity contribution >= 4 is 96.5 Å². The Kier molecular flexibility index (Phi) is 7.12. The van der Waals surface area contributed by atoms with Gasteiger partial charge in [0.1, 0.15) is 11.2 Å². The molecule has 2 aromatic heterocycles. The van der Waals surface area contributed by atoms with Crippen LogP contribution in [0.15, 0.2) is 199 Å². The summed E-state index contributed by atoms with van der Waals surface area (Å²) in [6.45, 7) is 4.83. The predicted molar refractivity (Wildman–Crippen MR) is 271 cm³/mol. The van der Waals surface area contributed by atoms with Gasteiger partial charge in [-0.15, -0.1) is 11.3 Å². The summed E-state index contributed by atoms with van der Waals surface area (Å²) in [6, 6.07) is 72.3. The number of benzene rings is 11. The second-order valence-corrected chi connectivity index (χ2v) is 18.9. The Bertz CT molecular complexity index is 4060. The zero-order chi connectivity index (χ0) is 41.6. The normalized spacial score (nSPS) is 13.4. The fourth-order valence-electron chi connectivity index (χ4n) is 11.3. The van der Waals surface area contributed by atoms with Crippen molar-refractivity contribution in [3.05, 3.63) is 205 Å². The van der Waals surface area contributed by atoms with E-state index in [-0.39, 0.29) is 5.41 Å². The monoisotopic (exact) mass is 818 g/mol. The Morgan fingerprint density at radius 2 is 0.952 bits per heavy atom. The van der Waals surface area contributed by atoms with Crippen LogP contribution in [-0.4, -0.2) is 0 Å². The Balaban J connectivity index is 0.963. The molecule has 2 heteroatoms. The van der Waals surface area contributed by atoms with Crippen molar-refractivity contribution in [1.82, 2.24) is 0 Å². The van der Waals surface area contributed by atoms with E-state index in [4.69, 9.17) is 4.42 Å². The van der Waals surface area contributed by atoms with Crippen LogP contribution in [0.1, 0.15) is 25.0 Å². The molecule has 11 aromatic carbocycles. The summed E-state index contributed by atoms with van der Waals surface area (Å²) in [4.78, 5) is 0. The van der Waals surface area contributed by atoms with Crippen molar-refractivity contribution in [3.8, 4) is 44.5 Å². The van der Waals surface area contributed by atoms with Crippen LogP contribution in [0.2, 0.25) is 0 Å². The zero-order valence-corrected chi connectivity index (χ0v) is 35.6. The first-order chi connectivity index (χ1) is 31.0. The van der Waals surface area contributed by atoms with Crippen LogP contribution in [0.5, 0.6) is 0 Å². The molecule has 14 rings (SSSR count). The third-order valence-electron chi connectivity index (χ3n) is 14.2. The van der Waals surface area contributed by atoms with Gasteiger partial charge in [0.05, 0.1) is 0 Å². The number of hydrogen-bond donors (Lipinski definition) is 0. The number of thiophene rings is 1. The molecule has 0 radical (unpaired) electrons. The molecule has 0 N–H and O–H groups in total. The summed E-state index contributed by atoms with van der Waals surface area (Å²) in [5.41, 5.74) is 14.6. The molecule has 13 aromatic rings. The van der Waals surface area contributed by atoms with E-state index in [1.165, 1.54) is 114 Å². The third-order valence-corrected chi connectivity index (χ3v) is 15.5. The SMILES string of the molecule is CC1(C)c2cc(-c3c4ccccc4c(-c4cccc5ccccc45)c4ccccc34)ccc2-c2ccc(-c3cc4c(ccc5c6ccccc6oc54)c4c3sc3ccccc34)cc21. The second-order valence-electron chi connectivity index (χ2n) is 17.9. The Hall–Kier alpha value is -7.52. The highest BCUT2D eigenvalue weighted by Crippen LogP contribution is 2.54. The van der Waals surface area contributed by atoms with Crippen LogP contribution in [0.3, 0.4) is 0 Å². The lowest BCUT2D eigenvalue weighted by atomic mass is 9.79. The number of hydrogen-bond acceptors (Lipinski definition) is 2. The van der Waals surface area contributed by atoms with Crippen LogP contribution >= 0.6 is 11.3 Å². The first-order valence-corrected chi connectivity index (χ1v) is 22.7. The minimum Gasteiger partial charge on any atom is -0.455 e. The molecule has 0 bridgehead atoms. The lowest BCUT2D eigenvalue weighted by Gasteiger charge is -2.23. The topological polar surface area (TPSA) is 13.1 Å². The van der Waals surface area contributed by atoms with E-state index in [1.807, 2.05) is 11.3 Å². The lowest BCUT2D eigenvalue weighted by molar-refractivity contribution is 0.661. The molecule has 0 saturated carbocycles. The molecule has 0 fully saturated rings. The predicted octanol–water partition coefficient (Wildman–Crippen LogP) is 17.9. The molecule has 0 atom stereocenters. The molecular weight excluding hydrogens is 781 g/mol. The zero-order valence-electron chi connectivity index (χ0n) is 34.8. The van der Waals surface area contributed by atoms with Crippen molar-refractivity contribution < 1.29 is 4.42 Å². The molecule has 63 heavy (non-hydrogen) atoms. The van der Waals surface area contributed by atoms with Crippen molar-refractivity contribution in [2.75, 3.05) is 0 Å². The first kappa shape index (κ1) is 35.1. The fraction of sp³-hybridized carbons (Fsp3) is 0.0492. The van der Waals surface area contributed by atoms with E-state index >= 15 is 0 Å². The van der Waals surface area contributed by atoms with Crippen LogP contribution in [0.25, 0.3) is 130 Å². The summed E-state index contributed by atoms with van der Waals surface area (Å²) in [5, 5.41) is 15.0. The van der Waals surface area contributed by atoms with Gasteiger partial charge in [-0.3, -0.25) is 0 Å². The largest absolute Gasteiger partial charge is 0.455 e. The number of fused-ring (bicyclic) bond motifs is 15. The van der Waals surface area contributed by atoms with Crippen LogP contribution < -0.4 is 0 Å². The highest BCUT2D eigenvalue weighted by atomic mass is 32.1. The molecule has 0 spiro atoms. The molecule has 1 aliphatic carbocycles. The Morgan fingerprint density at radius 1 is 0.381 bits per heavy atom. The van der Waals surface area contributed by atoms with Gasteiger partial charge >= 0.3 is 0 Å². The highest BCUT2D eigenvalue weighted by molar-refractivity contribution is 7.26. The summed E-state index contributed by atoms with van der Waals surface area (Å²) >= 11 is 1.90. The maximum Gasteiger partial charge on any atom is 0.143 e. The first-order valence-electron chi connectivity index (χ1n) is 21.9. The van der Waals surface area contributed by atoms with Crippen LogP contribution in [-0.2, 0) is 5.41 Å². The van der Waals surface area contributed by atoms with Crippen molar-refractivity contribution in [1.29, 1.82) is 0 Å². The Morgan fingerprint density at radius 3 is 1.70 bits per heavy atom. The van der Waals surface area contributed by atoms with E-state index in [9.17, 15) is 0 Å². The van der Waals surface area contributed by atoms with Gasteiger partial charge in [-0.1, -0.05) is 172 Å². The molecule has 0 aliphatic heterocycles. The van der Waals surface area contributed by atoms with Gasteiger partial charge in [0, 0.05) is 47.3 Å². The third kappa shape index (κ3) is 4.82. The van der Waals surface area contributed by atoms with Crippen LogP contribution in [0.4, 0.5) is 0 Å². The van der Waals surface area contributed by atoms with Gasteiger partial charge in [0.2, 0.25) is 0 Å². The van der Waals surface area contributed by atoms with Gasteiger partial charge in [-0.25, -0.2) is 0 Å². The number of furan rings is 1. The van der Waals surface area contributed by atoms with E-state index in [2.05, 4.69) is 208 Å². The fourth-order valence-corrected chi connectivity index (χ4v) is 12.6. The lowest BCUT2D eigenvalue weighted by Crippen LogP contribution is -2.15. The quantitative estimate of drug-likeness (QED) is 0.162. The molecule has 0 unspecified atom stereocenters. The molecular formula is C61H38OS. The average Bonchev–Trinajstić information content (AvgIpc) is 3.98. The standard InChI is InChI=1S/C61H38OS/c1-61(2)52-32-36(50-34-51-47(58-49-22-10-12-25-55(49)63-60(50)58)30-31-48-41-17-9-11-24-54(41)62-59(48)51)26-28-39(52)40-29-27-37(33-53(40)61)56-43-18-5-7-20-45(43)57(46-21-8-6-19-44(46)56)42-23-13-15-35-14-3-4-16-38(35)42/h3-34H,1-2H3. The minimum absolute atomic E-state index is 0.229. The van der Waals surface area contributed by atoms with Crippen molar-refractivity contribution in [3.63, 3.8) is 0 Å². The number of rotatable bonds is 3. The van der Waals surface area contributed by atoms with E-state index < -0.39 is 0 Å². The van der Waals surface area contributed by atoms with Gasteiger partial charge in [0.15, 0.2) is 0 Å². The Labute approximate surface area is 368 Å². The molecule has 0 amide bonds. The highest BCUT2D eigenvalue weighted by Gasteiger charge is 2.36. The summed E-state index contributed by atoms with van der Waals surface area (Å²) in [5.74, 6) is 0. The summed E-state index contributed by atoms with van der Waals surface area (Å²) < 4.78 is 9.32. The molecule has 2 heterocycles.